The normalized spacial score (nSPS) is 15.5. The van der Waals surface area contributed by atoms with Gasteiger partial charge in [0.25, 0.3) is 0 Å². The Kier molecular flexibility index (Phi) is 2.12. The first kappa shape index (κ1) is 10.8. The van der Waals surface area contributed by atoms with Gasteiger partial charge in [-0.15, -0.1) is 0 Å². The second-order valence-corrected chi connectivity index (χ2v) is 7.61. The lowest BCUT2D eigenvalue weighted by atomic mass is 10.0. The zero-order valence-corrected chi connectivity index (χ0v) is 11.2. The van der Waals surface area contributed by atoms with Crippen LogP contribution >= 0.6 is 7.14 Å². The topological polar surface area (TPSA) is 17.1 Å². The van der Waals surface area contributed by atoms with E-state index in [1.54, 1.807) is 0 Å². The Labute approximate surface area is 102 Å². The van der Waals surface area contributed by atoms with Gasteiger partial charge in [0.15, 0.2) is 0 Å². The molecule has 0 N–H and O–H groups in total. The Hall–Kier alpha value is -1.33. The lowest BCUT2D eigenvalue weighted by molar-refractivity contribution is 0.590. The van der Waals surface area contributed by atoms with Gasteiger partial charge in [-0.2, -0.15) is 0 Å². The molecule has 0 radical (unpaired) electrons. The van der Waals surface area contributed by atoms with E-state index >= 15 is 0 Å². The Morgan fingerprint density at radius 3 is 1.65 bits per heavy atom. The molecule has 3 rings (SSSR count). The fourth-order valence-electron chi connectivity index (χ4n) is 3.00. The molecular weight excluding hydrogens is 227 g/mol. The molecule has 2 aromatic carbocycles. The highest BCUT2D eigenvalue weighted by atomic mass is 31.2. The summed E-state index contributed by atoms with van der Waals surface area (Å²) >= 11 is 0. The average Bonchev–Trinajstić information content (AvgIpc) is 2.50. The monoisotopic (exact) mass is 242 g/mol. The summed E-state index contributed by atoms with van der Waals surface area (Å²) in [6.07, 6.45) is 0. The van der Waals surface area contributed by atoms with Crippen molar-refractivity contribution in [3.8, 4) is 11.1 Å². The van der Waals surface area contributed by atoms with Crippen LogP contribution < -0.4 is 10.6 Å². The first-order valence-corrected chi connectivity index (χ1v) is 7.97. The molecule has 0 unspecified atom stereocenters. The summed E-state index contributed by atoms with van der Waals surface area (Å²) in [5.41, 5.74) is 4.61. The predicted molar refractivity (Wildman–Crippen MR) is 74.2 cm³/mol. The summed E-state index contributed by atoms with van der Waals surface area (Å²) in [5.74, 6) is 0. The summed E-state index contributed by atoms with van der Waals surface area (Å²) in [6.45, 7) is 6.00. The van der Waals surface area contributed by atoms with Crippen molar-refractivity contribution in [3.05, 3.63) is 47.5 Å². The Morgan fingerprint density at radius 1 is 0.824 bits per heavy atom. The minimum Gasteiger partial charge on any atom is -0.314 e. The van der Waals surface area contributed by atoms with Crippen molar-refractivity contribution in [2.45, 2.75) is 13.8 Å². The van der Waals surface area contributed by atoms with Crippen LogP contribution in [-0.4, -0.2) is 6.66 Å². The number of fused-ring (bicyclic) bond motifs is 3. The molecule has 0 fully saturated rings. The van der Waals surface area contributed by atoms with Gasteiger partial charge < -0.3 is 4.57 Å². The van der Waals surface area contributed by atoms with Crippen LogP contribution in [0, 0.1) is 13.8 Å². The third-order valence-electron chi connectivity index (χ3n) is 3.62. The Bertz CT molecular complexity index is 615. The minimum absolute atomic E-state index is 1.06. The van der Waals surface area contributed by atoms with Crippen LogP contribution in [0.4, 0.5) is 0 Å². The SMILES string of the molecule is Cc1cccc2c1P(C)(=O)c1c(C)cccc1-2. The number of hydrogen-bond acceptors (Lipinski definition) is 1. The van der Waals surface area contributed by atoms with E-state index < -0.39 is 7.14 Å². The number of rotatable bonds is 0. The molecule has 0 atom stereocenters. The van der Waals surface area contributed by atoms with E-state index in [0.29, 0.717) is 0 Å². The zero-order valence-electron chi connectivity index (χ0n) is 10.3. The minimum atomic E-state index is -2.40. The number of hydrogen-bond donors (Lipinski definition) is 0. The highest BCUT2D eigenvalue weighted by Gasteiger charge is 2.36. The standard InChI is InChI=1S/C15H15OP/c1-10-6-4-8-12-13-9-5-7-11(2)15(13)17(3,16)14(10)12/h4-9H,1-3H3. The van der Waals surface area contributed by atoms with Gasteiger partial charge in [0, 0.05) is 10.6 Å². The van der Waals surface area contributed by atoms with Crippen LogP contribution in [0.25, 0.3) is 11.1 Å². The van der Waals surface area contributed by atoms with Crippen LogP contribution in [-0.2, 0) is 4.57 Å². The molecule has 86 valence electrons. The van der Waals surface area contributed by atoms with Crippen molar-refractivity contribution in [2.24, 2.45) is 0 Å². The summed E-state index contributed by atoms with van der Waals surface area (Å²) in [5, 5.41) is 2.12. The first-order valence-electron chi connectivity index (χ1n) is 5.82. The predicted octanol–water partition coefficient (Wildman–Crippen LogP) is 3.23. The third-order valence-corrected chi connectivity index (χ3v) is 6.51. The van der Waals surface area contributed by atoms with E-state index in [0.717, 1.165) is 32.9 Å². The van der Waals surface area contributed by atoms with Gasteiger partial charge in [-0.3, -0.25) is 0 Å². The van der Waals surface area contributed by atoms with Crippen LogP contribution in [0.1, 0.15) is 11.1 Å². The maximum Gasteiger partial charge on any atom is 0.142 e. The van der Waals surface area contributed by atoms with Crippen molar-refractivity contribution in [2.75, 3.05) is 6.66 Å². The van der Waals surface area contributed by atoms with E-state index in [2.05, 4.69) is 38.1 Å². The maximum absolute atomic E-state index is 13.1. The van der Waals surface area contributed by atoms with Crippen molar-refractivity contribution >= 4 is 17.8 Å². The smallest absolute Gasteiger partial charge is 0.142 e. The molecular formula is C15H15OP. The summed E-state index contributed by atoms with van der Waals surface area (Å²) in [7, 11) is -2.40. The zero-order chi connectivity index (χ0) is 12.2. The molecule has 1 heterocycles. The Morgan fingerprint density at radius 2 is 1.24 bits per heavy atom. The van der Waals surface area contributed by atoms with Crippen LogP contribution in [0.5, 0.6) is 0 Å². The van der Waals surface area contributed by atoms with E-state index in [1.165, 1.54) is 0 Å². The molecule has 1 nitrogen and oxygen atoms in total. The molecule has 1 aliphatic heterocycles. The molecule has 0 saturated heterocycles. The van der Waals surface area contributed by atoms with Gasteiger partial charge in [0.2, 0.25) is 0 Å². The lowest BCUT2D eigenvalue weighted by Crippen LogP contribution is -2.13. The highest BCUT2D eigenvalue weighted by Crippen LogP contribution is 2.51. The lowest BCUT2D eigenvalue weighted by Gasteiger charge is -2.12. The molecule has 0 aliphatic carbocycles. The molecule has 0 saturated carbocycles. The van der Waals surface area contributed by atoms with Gasteiger partial charge in [-0.25, -0.2) is 0 Å². The van der Waals surface area contributed by atoms with E-state index in [4.69, 9.17) is 0 Å². The molecule has 17 heavy (non-hydrogen) atoms. The van der Waals surface area contributed by atoms with Crippen LogP contribution in [0.3, 0.4) is 0 Å². The fourth-order valence-corrected chi connectivity index (χ4v) is 6.03. The molecule has 2 aromatic rings. The summed E-state index contributed by atoms with van der Waals surface area (Å²) in [4.78, 5) is 0. The molecule has 0 bridgehead atoms. The molecule has 0 aromatic heterocycles. The van der Waals surface area contributed by atoms with Gasteiger partial charge in [-0.1, -0.05) is 36.4 Å². The van der Waals surface area contributed by atoms with Gasteiger partial charge in [-0.05, 0) is 42.8 Å². The number of benzene rings is 2. The average molecular weight is 242 g/mol. The fraction of sp³-hybridized carbons (Fsp3) is 0.200. The highest BCUT2D eigenvalue weighted by molar-refractivity contribution is 7.79. The first-order chi connectivity index (χ1) is 8.03. The summed E-state index contributed by atoms with van der Waals surface area (Å²) in [6, 6.07) is 12.4. The third kappa shape index (κ3) is 1.29. The second-order valence-electron chi connectivity index (χ2n) is 4.87. The van der Waals surface area contributed by atoms with Gasteiger partial charge >= 0.3 is 0 Å². The quantitative estimate of drug-likeness (QED) is 0.648. The maximum atomic E-state index is 13.1. The van der Waals surface area contributed by atoms with Gasteiger partial charge in [0.1, 0.15) is 7.14 Å². The second kappa shape index (κ2) is 3.34. The largest absolute Gasteiger partial charge is 0.314 e. The van der Waals surface area contributed by atoms with Crippen molar-refractivity contribution in [1.82, 2.24) is 0 Å². The number of aryl methyl sites for hydroxylation is 2. The van der Waals surface area contributed by atoms with Crippen molar-refractivity contribution in [3.63, 3.8) is 0 Å². The molecule has 0 amide bonds. The molecule has 1 aliphatic rings. The van der Waals surface area contributed by atoms with Crippen LogP contribution in [0.15, 0.2) is 36.4 Å². The van der Waals surface area contributed by atoms with E-state index in [9.17, 15) is 4.57 Å². The Balaban J connectivity index is 2.51. The van der Waals surface area contributed by atoms with Crippen molar-refractivity contribution in [1.29, 1.82) is 0 Å². The van der Waals surface area contributed by atoms with E-state index in [-0.39, 0.29) is 0 Å². The van der Waals surface area contributed by atoms with Crippen LogP contribution in [0.2, 0.25) is 0 Å². The molecule has 0 spiro atoms. The van der Waals surface area contributed by atoms with Crippen molar-refractivity contribution < 1.29 is 4.57 Å². The summed E-state index contributed by atoms with van der Waals surface area (Å²) < 4.78 is 13.1. The van der Waals surface area contributed by atoms with E-state index in [1.807, 2.05) is 18.8 Å². The molecule has 2 heteroatoms. The van der Waals surface area contributed by atoms with Gasteiger partial charge in [0.05, 0.1) is 0 Å².